The van der Waals surface area contributed by atoms with Crippen molar-refractivity contribution in [1.29, 1.82) is 0 Å². The Morgan fingerprint density at radius 3 is 2.82 bits per heavy atom. The van der Waals surface area contributed by atoms with Crippen molar-refractivity contribution in [3.63, 3.8) is 0 Å². The zero-order chi connectivity index (χ0) is 15.2. The monoisotopic (exact) mass is 293 g/mol. The van der Waals surface area contributed by atoms with Gasteiger partial charge in [-0.3, -0.25) is 5.32 Å². The normalized spacial score (nSPS) is 10.2. The summed E-state index contributed by atoms with van der Waals surface area (Å²) in [6.07, 6.45) is 5.11. The number of amides is 2. The third-order valence-corrected chi connectivity index (χ3v) is 3.06. The van der Waals surface area contributed by atoms with Crippen molar-refractivity contribution >= 4 is 11.8 Å². The quantitative estimate of drug-likeness (QED) is 0.691. The Balaban J connectivity index is 1.60. The highest BCUT2D eigenvalue weighted by molar-refractivity contribution is 5.88. The Kier molecular flexibility index (Phi) is 4.10. The molecule has 6 nitrogen and oxygen atoms in total. The van der Waals surface area contributed by atoms with Gasteiger partial charge in [0.1, 0.15) is 11.6 Å². The van der Waals surface area contributed by atoms with Crippen LogP contribution in [0.4, 0.5) is 10.6 Å². The Hall–Kier alpha value is -3.15. The maximum absolute atomic E-state index is 11.8. The third kappa shape index (κ3) is 3.49. The Bertz CT molecular complexity index is 740. The molecular formula is C16H15N5O. The number of anilines is 1. The van der Waals surface area contributed by atoms with Crippen molar-refractivity contribution in [1.82, 2.24) is 20.3 Å². The molecule has 0 aliphatic heterocycles. The Labute approximate surface area is 127 Å². The van der Waals surface area contributed by atoms with E-state index < -0.39 is 0 Å². The topological polar surface area (TPSA) is 82.7 Å². The summed E-state index contributed by atoms with van der Waals surface area (Å²) in [5, 5.41) is 5.47. The number of nitrogens with zero attached hydrogens (tertiary/aromatic N) is 2. The van der Waals surface area contributed by atoms with E-state index in [1.165, 1.54) is 0 Å². The Morgan fingerprint density at radius 1 is 1.09 bits per heavy atom. The number of carbonyl (C=O) groups excluding carboxylic acids is 1. The smallest absolute Gasteiger partial charge is 0.320 e. The molecule has 22 heavy (non-hydrogen) atoms. The van der Waals surface area contributed by atoms with Gasteiger partial charge in [-0.15, -0.1) is 0 Å². The number of H-pyrrole nitrogens is 1. The van der Waals surface area contributed by atoms with Crippen LogP contribution in [0.5, 0.6) is 0 Å². The predicted molar refractivity (Wildman–Crippen MR) is 84.1 cm³/mol. The molecule has 110 valence electrons. The van der Waals surface area contributed by atoms with Crippen molar-refractivity contribution in [3.8, 4) is 11.4 Å². The Morgan fingerprint density at radius 2 is 2.05 bits per heavy atom. The number of hydrogen-bond donors (Lipinski definition) is 3. The van der Waals surface area contributed by atoms with Crippen LogP contribution in [0, 0.1) is 0 Å². The number of benzene rings is 1. The number of urea groups is 1. The van der Waals surface area contributed by atoms with Crippen LogP contribution in [-0.4, -0.2) is 21.0 Å². The van der Waals surface area contributed by atoms with Crippen LogP contribution in [0.1, 0.15) is 5.56 Å². The number of aromatic amines is 1. The van der Waals surface area contributed by atoms with Crippen LogP contribution in [-0.2, 0) is 6.54 Å². The number of hydrogen-bond acceptors (Lipinski definition) is 3. The molecule has 0 aliphatic rings. The summed E-state index contributed by atoms with van der Waals surface area (Å²) in [4.78, 5) is 23.1. The van der Waals surface area contributed by atoms with Gasteiger partial charge < -0.3 is 10.3 Å². The van der Waals surface area contributed by atoms with E-state index in [4.69, 9.17) is 0 Å². The van der Waals surface area contributed by atoms with E-state index in [-0.39, 0.29) is 6.03 Å². The zero-order valence-electron chi connectivity index (χ0n) is 11.8. The van der Waals surface area contributed by atoms with Crippen LogP contribution in [0.25, 0.3) is 11.4 Å². The van der Waals surface area contributed by atoms with Gasteiger partial charge in [0.2, 0.25) is 0 Å². The van der Waals surface area contributed by atoms with E-state index in [1.807, 2.05) is 30.3 Å². The summed E-state index contributed by atoms with van der Waals surface area (Å²) in [7, 11) is 0. The lowest BCUT2D eigenvalue weighted by Crippen LogP contribution is -2.28. The van der Waals surface area contributed by atoms with Crippen molar-refractivity contribution in [2.45, 2.75) is 6.54 Å². The van der Waals surface area contributed by atoms with E-state index in [1.54, 1.807) is 30.7 Å². The molecule has 0 fully saturated rings. The highest BCUT2D eigenvalue weighted by Crippen LogP contribution is 2.15. The standard InChI is InChI=1S/C16H15N5O/c22-16(21-14-6-1-2-7-17-14)20-11-12-4-3-5-13(10-12)15-18-8-9-19-15/h1-10H,11H2,(H,18,19)(H2,17,20,21,22). The number of nitrogens with one attached hydrogen (secondary N) is 3. The lowest BCUT2D eigenvalue weighted by Gasteiger charge is -2.07. The second-order valence-electron chi connectivity index (χ2n) is 4.66. The SMILES string of the molecule is O=C(NCc1cccc(-c2ncc[nH]2)c1)Nc1ccccn1. The maximum atomic E-state index is 11.8. The molecule has 3 rings (SSSR count). The summed E-state index contributed by atoms with van der Waals surface area (Å²) in [5.74, 6) is 1.32. The van der Waals surface area contributed by atoms with Gasteiger partial charge in [0.05, 0.1) is 0 Å². The summed E-state index contributed by atoms with van der Waals surface area (Å²) in [6, 6.07) is 12.9. The molecule has 0 atom stereocenters. The predicted octanol–water partition coefficient (Wildman–Crippen LogP) is 2.79. The average molecular weight is 293 g/mol. The molecule has 2 amide bonds. The van der Waals surface area contributed by atoms with Crippen molar-refractivity contribution in [2.75, 3.05) is 5.32 Å². The molecule has 0 saturated carbocycles. The minimum atomic E-state index is -0.290. The van der Waals surface area contributed by atoms with Gasteiger partial charge >= 0.3 is 6.03 Å². The molecule has 0 saturated heterocycles. The first-order chi connectivity index (χ1) is 10.8. The van der Waals surface area contributed by atoms with Crippen molar-refractivity contribution in [3.05, 3.63) is 66.6 Å². The number of carbonyl (C=O) groups is 1. The molecule has 3 aromatic rings. The first-order valence-electron chi connectivity index (χ1n) is 6.86. The summed E-state index contributed by atoms with van der Waals surface area (Å²) >= 11 is 0. The molecule has 3 N–H and O–H groups in total. The van der Waals surface area contributed by atoms with Gasteiger partial charge in [0.15, 0.2) is 0 Å². The fraction of sp³-hybridized carbons (Fsp3) is 0.0625. The molecule has 0 aliphatic carbocycles. The minimum Gasteiger partial charge on any atom is -0.345 e. The molecule has 2 aromatic heterocycles. The second-order valence-corrected chi connectivity index (χ2v) is 4.66. The molecule has 0 bridgehead atoms. The van der Waals surface area contributed by atoms with Crippen LogP contribution in [0.2, 0.25) is 0 Å². The number of rotatable bonds is 4. The molecule has 6 heteroatoms. The van der Waals surface area contributed by atoms with Crippen LogP contribution < -0.4 is 10.6 Å². The van der Waals surface area contributed by atoms with Crippen molar-refractivity contribution < 1.29 is 4.79 Å². The van der Waals surface area contributed by atoms with Gasteiger partial charge in [0.25, 0.3) is 0 Å². The molecule has 0 radical (unpaired) electrons. The second kappa shape index (κ2) is 6.53. The molecule has 2 heterocycles. The first kappa shape index (κ1) is 13.8. The fourth-order valence-corrected chi connectivity index (χ4v) is 2.03. The van der Waals surface area contributed by atoms with Gasteiger partial charge in [-0.1, -0.05) is 24.3 Å². The van der Waals surface area contributed by atoms with E-state index in [2.05, 4.69) is 25.6 Å². The van der Waals surface area contributed by atoms with E-state index in [9.17, 15) is 4.79 Å². The fourth-order valence-electron chi connectivity index (χ4n) is 2.03. The summed E-state index contributed by atoms with van der Waals surface area (Å²) in [5.41, 5.74) is 1.97. The van der Waals surface area contributed by atoms with Crippen molar-refractivity contribution in [2.24, 2.45) is 0 Å². The molecule has 0 unspecified atom stereocenters. The van der Waals surface area contributed by atoms with Gasteiger partial charge in [-0.2, -0.15) is 0 Å². The van der Waals surface area contributed by atoms with Gasteiger partial charge in [0, 0.05) is 30.7 Å². The van der Waals surface area contributed by atoms with E-state index >= 15 is 0 Å². The summed E-state index contributed by atoms with van der Waals surface area (Å²) < 4.78 is 0. The molecule has 0 spiro atoms. The lowest BCUT2D eigenvalue weighted by atomic mass is 10.1. The highest BCUT2D eigenvalue weighted by atomic mass is 16.2. The number of imidazole rings is 1. The number of pyridine rings is 1. The number of aromatic nitrogens is 3. The summed E-state index contributed by atoms with van der Waals surface area (Å²) in [6.45, 7) is 0.424. The average Bonchev–Trinajstić information content (AvgIpc) is 3.09. The van der Waals surface area contributed by atoms with E-state index in [0.29, 0.717) is 12.4 Å². The minimum absolute atomic E-state index is 0.290. The lowest BCUT2D eigenvalue weighted by molar-refractivity contribution is 0.251. The van der Waals surface area contributed by atoms with Crippen LogP contribution >= 0.6 is 0 Å². The third-order valence-electron chi connectivity index (χ3n) is 3.06. The highest BCUT2D eigenvalue weighted by Gasteiger charge is 2.04. The maximum Gasteiger partial charge on any atom is 0.320 e. The van der Waals surface area contributed by atoms with Gasteiger partial charge in [-0.25, -0.2) is 14.8 Å². The van der Waals surface area contributed by atoms with E-state index in [0.717, 1.165) is 17.0 Å². The van der Waals surface area contributed by atoms with Gasteiger partial charge in [-0.05, 0) is 23.8 Å². The first-order valence-corrected chi connectivity index (χ1v) is 6.86. The molecule has 1 aromatic carbocycles. The molecular weight excluding hydrogens is 278 g/mol. The largest absolute Gasteiger partial charge is 0.345 e. The zero-order valence-corrected chi connectivity index (χ0v) is 11.8. The van der Waals surface area contributed by atoms with Crippen LogP contribution in [0.3, 0.4) is 0 Å². The van der Waals surface area contributed by atoms with Crippen LogP contribution in [0.15, 0.2) is 61.1 Å².